The third-order valence-electron chi connectivity index (χ3n) is 6.00. The van der Waals surface area contributed by atoms with Crippen molar-refractivity contribution in [3.8, 4) is 5.75 Å². The number of aromatic hydroxyl groups is 1. The van der Waals surface area contributed by atoms with Crippen molar-refractivity contribution >= 4 is 5.91 Å². The fourth-order valence-electron chi connectivity index (χ4n) is 4.23. The van der Waals surface area contributed by atoms with Gasteiger partial charge in [-0.1, -0.05) is 30.3 Å². The molecular weight excluding hydrogens is 363 g/mol. The maximum Gasteiger partial charge on any atom is 0.296 e. The number of amides is 1. The van der Waals surface area contributed by atoms with E-state index in [-0.39, 0.29) is 18.8 Å². The van der Waals surface area contributed by atoms with E-state index in [9.17, 15) is 14.7 Å². The lowest BCUT2D eigenvalue weighted by atomic mass is 9.76. The quantitative estimate of drug-likeness (QED) is 0.742. The monoisotopic (exact) mass is 386 g/mol. The molecule has 0 atom stereocenters. The summed E-state index contributed by atoms with van der Waals surface area (Å²) in [4.78, 5) is 29.8. The molecule has 1 aliphatic carbocycles. The maximum atomic E-state index is 15.1. The van der Waals surface area contributed by atoms with Crippen LogP contribution >= 0.6 is 0 Å². The number of aromatic nitrogens is 2. The van der Waals surface area contributed by atoms with E-state index in [4.69, 9.17) is 0 Å². The first-order valence-electron chi connectivity index (χ1n) is 9.42. The molecule has 1 amide bonds. The first-order chi connectivity index (χ1) is 13.4. The largest absolute Gasteiger partial charge is 0.501 e. The van der Waals surface area contributed by atoms with Gasteiger partial charge in [0.05, 0.1) is 12.1 Å². The van der Waals surface area contributed by atoms with Crippen LogP contribution in [-0.4, -0.2) is 33.3 Å². The summed E-state index contributed by atoms with van der Waals surface area (Å²) in [5.41, 5.74) is -2.40. The van der Waals surface area contributed by atoms with Crippen molar-refractivity contribution in [2.24, 2.45) is 0 Å². The van der Waals surface area contributed by atoms with Gasteiger partial charge in [-0.3, -0.25) is 14.2 Å². The van der Waals surface area contributed by atoms with Gasteiger partial charge in [-0.05, 0) is 38.3 Å². The summed E-state index contributed by atoms with van der Waals surface area (Å²) in [6, 6.07) is 9.29. The number of carbonyl (C=O) groups excluding carboxylic acids is 1. The van der Waals surface area contributed by atoms with E-state index in [1.165, 1.54) is 4.57 Å². The Balaban J connectivity index is 1.73. The summed E-state index contributed by atoms with van der Waals surface area (Å²) in [5.74, 6) is -1.06. The van der Waals surface area contributed by atoms with Crippen LogP contribution in [0.4, 0.5) is 4.39 Å². The van der Waals surface area contributed by atoms with Crippen LogP contribution in [0.5, 0.6) is 5.75 Å². The molecule has 5 rings (SSSR count). The van der Waals surface area contributed by atoms with E-state index in [1.54, 1.807) is 7.05 Å². The van der Waals surface area contributed by atoms with Gasteiger partial charge in [0.2, 0.25) is 5.75 Å². The van der Waals surface area contributed by atoms with Crippen molar-refractivity contribution in [2.45, 2.75) is 50.0 Å². The van der Waals surface area contributed by atoms with Crippen molar-refractivity contribution in [3.63, 3.8) is 0 Å². The Kier molecular flexibility index (Phi) is 4.45. The molecule has 8 heteroatoms. The predicted octanol–water partition coefficient (Wildman–Crippen LogP) is 1.59. The fraction of sp³-hybridized carbons (Fsp3) is 0.450. The standard InChI is InChI=1S/C20H23FN4O3/c1-22-20-9-7-19(21,8-10-20)12-25-17(28)15(26)14(24-18(20)25)16(27)23-11-13-5-3-2-4-6-13/h2-6,22,26H,7-12H2,1H3,(H,23,27). The van der Waals surface area contributed by atoms with Crippen LogP contribution in [0.3, 0.4) is 0 Å². The summed E-state index contributed by atoms with van der Waals surface area (Å²) in [7, 11) is 1.75. The van der Waals surface area contributed by atoms with Crippen molar-refractivity contribution in [1.82, 2.24) is 20.2 Å². The van der Waals surface area contributed by atoms with Crippen LogP contribution in [0.25, 0.3) is 0 Å². The highest BCUT2D eigenvalue weighted by atomic mass is 19.1. The van der Waals surface area contributed by atoms with Crippen LogP contribution in [0.2, 0.25) is 0 Å². The van der Waals surface area contributed by atoms with Gasteiger partial charge in [-0.25, -0.2) is 9.37 Å². The minimum Gasteiger partial charge on any atom is -0.501 e. The number of carbonyl (C=O) groups is 1. The topological polar surface area (TPSA) is 96.2 Å². The Morgan fingerprint density at radius 3 is 2.57 bits per heavy atom. The van der Waals surface area contributed by atoms with Gasteiger partial charge in [0, 0.05) is 6.54 Å². The lowest BCUT2D eigenvalue weighted by Gasteiger charge is -2.37. The van der Waals surface area contributed by atoms with E-state index in [2.05, 4.69) is 15.6 Å². The van der Waals surface area contributed by atoms with Gasteiger partial charge >= 0.3 is 0 Å². The lowest BCUT2D eigenvalue weighted by molar-refractivity contribution is 0.0652. The Morgan fingerprint density at radius 2 is 1.93 bits per heavy atom. The summed E-state index contributed by atoms with van der Waals surface area (Å²) in [6.45, 7) is 0.0844. The molecule has 3 N–H and O–H groups in total. The number of halogens is 1. The molecule has 3 aliphatic rings. The average molecular weight is 386 g/mol. The zero-order valence-electron chi connectivity index (χ0n) is 15.7. The van der Waals surface area contributed by atoms with Gasteiger partial charge in [0.15, 0.2) is 5.69 Å². The molecule has 2 aromatic rings. The fourth-order valence-corrected chi connectivity index (χ4v) is 4.23. The molecule has 1 saturated carbocycles. The third kappa shape index (κ3) is 2.97. The highest BCUT2D eigenvalue weighted by Crippen LogP contribution is 2.46. The van der Waals surface area contributed by atoms with E-state index in [0.717, 1.165) is 5.56 Å². The van der Waals surface area contributed by atoms with Crippen LogP contribution < -0.4 is 16.2 Å². The molecule has 28 heavy (non-hydrogen) atoms. The molecule has 0 radical (unpaired) electrons. The Labute approximate surface area is 161 Å². The molecule has 1 aromatic carbocycles. The van der Waals surface area contributed by atoms with Crippen LogP contribution in [0.1, 0.15) is 47.6 Å². The minimum absolute atomic E-state index is 0.156. The Hall–Kier alpha value is -2.74. The van der Waals surface area contributed by atoms with Gasteiger partial charge in [0.1, 0.15) is 11.5 Å². The molecule has 0 saturated heterocycles. The van der Waals surface area contributed by atoms with E-state index >= 15 is 4.39 Å². The van der Waals surface area contributed by atoms with Gasteiger partial charge in [-0.2, -0.15) is 0 Å². The zero-order chi connectivity index (χ0) is 19.9. The van der Waals surface area contributed by atoms with E-state index < -0.39 is 28.4 Å². The van der Waals surface area contributed by atoms with Gasteiger partial charge in [-0.15, -0.1) is 0 Å². The van der Waals surface area contributed by atoms with Crippen molar-refractivity contribution in [3.05, 3.63) is 57.8 Å². The average Bonchev–Trinajstić information content (AvgIpc) is 2.92. The molecule has 7 nitrogen and oxygen atoms in total. The van der Waals surface area contributed by atoms with Gasteiger partial charge < -0.3 is 15.7 Å². The first-order valence-corrected chi connectivity index (χ1v) is 9.42. The molecule has 3 heterocycles. The number of fused-ring (bicyclic) bond motifs is 2. The molecule has 0 unspecified atom stereocenters. The second-order valence-corrected chi connectivity index (χ2v) is 7.68. The molecule has 1 fully saturated rings. The zero-order valence-corrected chi connectivity index (χ0v) is 15.7. The number of benzene rings is 1. The van der Waals surface area contributed by atoms with E-state index in [1.807, 2.05) is 30.3 Å². The molecular formula is C20H23FN4O3. The number of hydrogen-bond donors (Lipinski definition) is 3. The highest BCUT2D eigenvalue weighted by Gasteiger charge is 2.50. The summed E-state index contributed by atoms with van der Waals surface area (Å²) < 4.78 is 16.3. The maximum absolute atomic E-state index is 15.1. The molecule has 1 aromatic heterocycles. The Morgan fingerprint density at radius 1 is 1.25 bits per heavy atom. The number of hydrogen-bond acceptors (Lipinski definition) is 5. The minimum atomic E-state index is -1.50. The first kappa shape index (κ1) is 18.6. The number of nitrogens with zero attached hydrogens (tertiary/aromatic N) is 2. The molecule has 148 valence electrons. The van der Waals surface area contributed by atoms with Crippen molar-refractivity contribution in [1.29, 1.82) is 0 Å². The van der Waals surface area contributed by atoms with Crippen LogP contribution in [0.15, 0.2) is 35.1 Å². The van der Waals surface area contributed by atoms with Crippen molar-refractivity contribution < 1.29 is 14.3 Å². The highest BCUT2D eigenvalue weighted by molar-refractivity contribution is 5.94. The molecule has 2 bridgehead atoms. The molecule has 2 aliphatic heterocycles. The predicted molar refractivity (Wildman–Crippen MR) is 101 cm³/mol. The second kappa shape index (κ2) is 6.70. The number of nitrogens with one attached hydrogen (secondary N) is 2. The van der Waals surface area contributed by atoms with Gasteiger partial charge in [0.25, 0.3) is 11.5 Å². The molecule has 0 spiro atoms. The Bertz CT molecular complexity index is 965. The summed E-state index contributed by atoms with van der Waals surface area (Å²) >= 11 is 0. The van der Waals surface area contributed by atoms with Crippen LogP contribution in [0, 0.1) is 0 Å². The number of rotatable bonds is 4. The smallest absolute Gasteiger partial charge is 0.296 e. The summed E-state index contributed by atoms with van der Waals surface area (Å²) in [5, 5.41) is 16.2. The number of alkyl halides is 1. The third-order valence-corrected chi connectivity index (χ3v) is 6.00. The normalized spacial score (nSPS) is 25.8. The van der Waals surface area contributed by atoms with Crippen LogP contribution in [-0.2, 0) is 18.6 Å². The van der Waals surface area contributed by atoms with E-state index in [0.29, 0.717) is 31.5 Å². The SMILES string of the molecule is CNC12CCC(F)(CC1)Cn1c2nc(C(=O)NCc2ccccc2)c(O)c1=O. The van der Waals surface area contributed by atoms with Crippen molar-refractivity contribution in [2.75, 3.05) is 7.05 Å². The summed E-state index contributed by atoms with van der Waals surface area (Å²) in [6.07, 6.45) is 1.55. The lowest BCUT2D eigenvalue weighted by Crippen LogP contribution is -2.46. The second-order valence-electron chi connectivity index (χ2n) is 7.68.